The van der Waals surface area contributed by atoms with Crippen molar-refractivity contribution >= 4 is 31.9 Å². The summed E-state index contributed by atoms with van der Waals surface area (Å²) >= 11 is 6.89. The Kier molecular flexibility index (Phi) is 6.84. The minimum Gasteiger partial charge on any atom is -0.487 e. The van der Waals surface area contributed by atoms with Crippen LogP contribution < -0.4 is 18.9 Å². The summed E-state index contributed by atoms with van der Waals surface area (Å²) in [6.07, 6.45) is 0. The molecule has 0 unspecified atom stereocenters. The second-order valence-electron chi connectivity index (χ2n) is 5.19. The molecule has 1 heterocycles. The van der Waals surface area contributed by atoms with Gasteiger partial charge in [0.15, 0.2) is 23.0 Å². The maximum atomic E-state index is 5.81. The molecule has 0 saturated heterocycles. The first-order valence-electron chi connectivity index (χ1n) is 7.90. The van der Waals surface area contributed by atoms with Gasteiger partial charge in [0, 0.05) is 8.95 Å². The molecule has 0 atom stereocenters. The monoisotopic (exact) mass is 472 g/mol. The molecule has 0 amide bonds. The van der Waals surface area contributed by atoms with Gasteiger partial charge in [-0.15, -0.1) is 0 Å². The van der Waals surface area contributed by atoms with Gasteiger partial charge in [0.1, 0.15) is 26.4 Å². The normalized spacial score (nSPS) is 15.8. The molecule has 0 aromatic heterocycles. The third kappa shape index (κ3) is 5.52. The van der Waals surface area contributed by atoms with Crippen molar-refractivity contribution in [2.24, 2.45) is 0 Å². The second-order valence-corrected chi connectivity index (χ2v) is 7.02. The molecule has 0 saturated carbocycles. The summed E-state index contributed by atoms with van der Waals surface area (Å²) in [7, 11) is 0. The van der Waals surface area contributed by atoms with Gasteiger partial charge in [-0.05, 0) is 36.4 Å². The molecule has 5 nitrogen and oxygen atoms in total. The molecule has 0 fully saturated rings. The summed E-state index contributed by atoms with van der Waals surface area (Å²) in [6.45, 7) is 2.60. The Hall–Kier alpha value is -1.44. The van der Waals surface area contributed by atoms with E-state index in [1.54, 1.807) is 0 Å². The van der Waals surface area contributed by atoms with Crippen molar-refractivity contribution in [3.05, 3.63) is 45.3 Å². The lowest BCUT2D eigenvalue weighted by molar-refractivity contribution is 0.0754. The van der Waals surface area contributed by atoms with Crippen molar-refractivity contribution in [1.82, 2.24) is 0 Å². The van der Waals surface area contributed by atoms with E-state index < -0.39 is 0 Å². The Balaban J connectivity index is 1.73. The Labute approximate surface area is 163 Å². The maximum Gasteiger partial charge on any atom is 0.162 e. The lowest BCUT2D eigenvalue weighted by Gasteiger charge is -2.14. The Morgan fingerprint density at radius 3 is 1.40 bits per heavy atom. The molecule has 0 spiro atoms. The largest absolute Gasteiger partial charge is 0.487 e. The molecule has 1 aliphatic heterocycles. The second kappa shape index (κ2) is 9.31. The van der Waals surface area contributed by atoms with Crippen LogP contribution in [-0.4, -0.2) is 39.6 Å². The smallest absolute Gasteiger partial charge is 0.162 e. The Bertz CT molecular complexity index is 708. The van der Waals surface area contributed by atoms with Crippen LogP contribution in [0.25, 0.3) is 0 Å². The Morgan fingerprint density at radius 2 is 0.920 bits per heavy atom. The van der Waals surface area contributed by atoms with Crippen molar-refractivity contribution in [3.63, 3.8) is 0 Å². The van der Waals surface area contributed by atoms with E-state index in [-0.39, 0.29) is 0 Å². The maximum absolute atomic E-state index is 5.81. The average Bonchev–Trinajstić information content (AvgIpc) is 2.60. The van der Waals surface area contributed by atoms with E-state index in [0.717, 1.165) is 8.95 Å². The van der Waals surface area contributed by atoms with Crippen LogP contribution in [0.4, 0.5) is 0 Å². The molecular weight excluding hydrogens is 456 g/mol. The SMILES string of the molecule is Brc1ccc2c(c1)OCCOCCOc1ccc(Br)cc1OCCO2. The summed E-state index contributed by atoms with van der Waals surface area (Å²) in [5, 5.41) is 0. The highest BCUT2D eigenvalue weighted by Gasteiger charge is 2.10. The number of benzene rings is 2. The number of ether oxygens (including phenoxy) is 5. The fraction of sp³-hybridized carbons (Fsp3) is 0.333. The third-order valence-corrected chi connectivity index (χ3v) is 4.37. The van der Waals surface area contributed by atoms with Crippen molar-refractivity contribution in [3.8, 4) is 23.0 Å². The van der Waals surface area contributed by atoms with E-state index in [2.05, 4.69) is 31.9 Å². The first kappa shape index (κ1) is 18.4. The first-order valence-corrected chi connectivity index (χ1v) is 9.49. The summed E-state index contributed by atoms with van der Waals surface area (Å²) in [5.74, 6) is 2.70. The van der Waals surface area contributed by atoms with Gasteiger partial charge in [-0.3, -0.25) is 0 Å². The Morgan fingerprint density at radius 1 is 0.520 bits per heavy atom. The fourth-order valence-electron chi connectivity index (χ4n) is 2.25. The molecule has 7 heteroatoms. The van der Waals surface area contributed by atoms with E-state index in [4.69, 9.17) is 23.7 Å². The first-order chi connectivity index (χ1) is 12.2. The number of halogens is 2. The van der Waals surface area contributed by atoms with E-state index >= 15 is 0 Å². The van der Waals surface area contributed by atoms with Crippen molar-refractivity contribution in [1.29, 1.82) is 0 Å². The predicted molar refractivity (Wildman–Crippen MR) is 101 cm³/mol. The molecule has 0 aliphatic carbocycles. The van der Waals surface area contributed by atoms with Gasteiger partial charge in [-0.25, -0.2) is 0 Å². The lowest BCUT2D eigenvalue weighted by Crippen LogP contribution is -2.12. The fourth-order valence-corrected chi connectivity index (χ4v) is 2.93. The molecule has 3 rings (SSSR count). The summed E-state index contributed by atoms with van der Waals surface area (Å²) in [5.41, 5.74) is 0. The number of hydrogen-bond donors (Lipinski definition) is 0. The van der Waals surface area contributed by atoms with Crippen LogP contribution in [0.1, 0.15) is 0 Å². The minimum atomic E-state index is 0.388. The molecule has 0 bridgehead atoms. The topological polar surface area (TPSA) is 46.2 Å². The highest BCUT2D eigenvalue weighted by atomic mass is 79.9. The molecular formula is C18H18Br2O5. The summed E-state index contributed by atoms with van der Waals surface area (Å²) < 4.78 is 30.5. The quantitative estimate of drug-likeness (QED) is 0.565. The van der Waals surface area contributed by atoms with Crippen molar-refractivity contribution in [2.45, 2.75) is 0 Å². The molecule has 0 N–H and O–H groups in total. The van der Waals surface area contributed by atoms with E-state index in [0.29, 0.717) is 62.6 Å². The summed E-state index contributed by atoms with van der Waals surface area (Å²) in [6, 6.07) is 11.3. The molecule has 2 aromatic carbocycles. The third-order valence-electron chi connectivity index (χ3n) is 3.38. The number of hydrogen-bond acceptors (Lipinski definition) is 5. The van der Waals surface area contributed by atoms with Crippen LogP contribution in [-0.2, 0) is 4.74 Å². The lowest BCUT2D eigenvalue weighted by atomic mass is 10.3. The zero-order valence-corrected chi connectivity index (χ0v) is 16.7. The van der Waals surface area contributed by atoms with E-state index in [1.165, 1.54) is 0 Å². The molecule has 0 radical (unpaired) electrons. The van der Waals surface area contributed by atoms with Gasteiger partial charge in [0.05, 0.1) is 13.2 Å². The minimum absolute atomic E-state index is 0.388. The van der Waals surface area contributed by atoms with Crippen LogP contribution >= 0.6 is 31.9 Å². The zero-order valence-electron chi connectivity index (χ0n) is 13.5. The van der Waals surface area contributed by atoms with Crippen LogP contribution in [0.5, 0.6) is 23.0 Å². The van der Waals surface area contributed by atoms with Crippen LogP contribution in [0, 0.1) is 0 Å². The van der Waals surface area contributed by atoms with E-state index in [1.807, 2.05) is 36.4 Å². The molecule has 25 heavy (non-hydrogen) atoms. The van der Waals surface area contributed by atoms with Gasteiger partial charge < -0.3 is 23.7 Å². The standard InChI is InChI=1S/C18H18Br2O5/c19-13-2-4-16-17(11-13)24-8-6-21-5-7-22-15-3-1-14(20)12-18(15)25-10-9-23-16/h1-4,11-12H,5-10H2. The molecule has 1 aliphatic rings. The van der Waals surface area contributed by atoms with Gasteiger partial charge in [0.25, 0.3) is 0 Å². The number of rotatable bonds is 0. The average molecular weight is 474 g/mol. The highest BCUT2D eigenvalue weighted by molar-refractivity contribution is 9.10. The van der Waals surface area contributed by atoms with E-state index in [9.17, 15) is 0 Å². The predicted octanol–water partition coefficient (Wildman–Crippen LogP) is 4.46. The van der Waals surface area contributed by atoms with Crippen molar-refractivity contribution in [2.75, 3.05) is 39.6 Å². The van der Waals surface area contributed by atoms with Crippen LogP contribution in [0.2, 0.25) is 0 Å². The zero-order chi connectivity index (χ0) is 17.5. The molecule has 2 aromatic rings. The van der Waals surface area contributed by atoms with Crippen molar-refractivity contribution < 1.29 is 23.7 Å². The van der Waals surface area contributed by atoms with Gasteiger partial charge in [0.2, 0.25) is 0 Å². The van der Waals surface area contributed by atoms with Gasteiger partial charge in [-0.2, -0.15) is 0 Å². The van der Waals surface area contributed by atoms with Crippen LogP contribution in [0.3, 0.4) is 0 Å². The highest BCUT2D eigenvalue weighted by Crippen LogP contribution is 2.32. The van der Waals surface area contributed by atoms with Gasteiger partial charge >= 0.3 is 0 Å². The number of fused-ring (bicyclic) bond motifs is 2. The van der Waals surface area contributed by atoms with Crippen LogP contribution in [0.15, 0.2) is 45.3 Å². The molecule has 134 valence electrons. The summed E-state index contributed by atoms with van der Waals surface area (Å²) in [4.78, 5) is 0. The van der Waals surface area contributed by atoms with Gasteiger partial charge in [-0.1, -0.05) is 31.9 Å².